The Labute approximate surface area is 111 Å². The van der Waals surface area contributed by atoms with Crippen molar-refractivity contribution >= 4 is 0 Å². The Balaban J connectivity index is 1.92. The molecule has 0 aliphatic heterocycles. The van der Waals surface area contributed by atoms with Gasteiger partial charge >= 0.3 is 0 Å². The predicted octanol–water partition coefficient (Wildman–Crippen LogP) is 2.31. The molecule has 1 aromatic carbocycles. The summed E-state index contributed by atoms with van der Waals surface area (Å²) in [5, 5.41) is 21.6. The molecule has 0 unspecified atom stereocenters. The smallest absolute Gasteiger partial charge is 0.187 e. The third kappa shape index (κ3) is 3.22. The Kier molecular flexibility index (Phi) is 4.37. The van der Waals surface area contributed by atoms with Crippen LogP contribution in [0.1, 0.15) is 31.2 Å². The monoisotopic (exact) mass is 271 g/mol. The van der Waals surface area contributed by atoms with Crippen molar-refractivity contribution in [3.63, 3.8) is 0 Å². The molecule has 0 spiro atoms. The van der Waals surface area contributed by atoms with Gasteiger partial charge in [-0.1, -0.05) is 12.8 Å². The fourth-order valence-corrected chi connectivity index (χ4v) is 2.71. The van der Waals surface area contributed by atoms with Crippen LogP contribution in [0.3, 0.4) is 0 Å². The standard InChI is InChI=1S/C14H19F2NO2/c15-11-5-10(6-12(16)13(11)19)7-17-8-14(9-18)3-1-2-4-14/h5-6,17-19H,1-4,7-9H2. The zero-order chi connectivity index (χ0) is 13.9. The summed E-state index contributed by atoms with van der Waals surface area (Å²) in [4.78, 5) is 0. The molecule has 106 valence electrons. The lowest BCUT2D eigenvalue weighted by atomic mass is 9.87. The number of phenols is 1. The van der Waals surface area contributed by atoms with Crippen molar-refractivity contribution in [3.05, 3.63) is 29.3 Å². The van der Waals surface area contributed by atoms with Gasteiger partial charge in [-0.25, -0.2) is 8.78 Å². The van der Waals surface area contributed by atoms with Crippen LogP contribution in [0.5, 0.6) is 5.75 Å². The van der Waals surface area contributed by atoms with Crippen molar-refractivity contribution < 1.29 is 19.0 Å². The molecule has 0 heterocycles. The van der Waals surface area contributed by atoms with E-state index in [-0.39, 0.29) is 12.0 Å². The molecule has 1 saturated carbocycles. The van der Waals surface area contributed by atoms with Crippen molar-refractivity contribution in [2.45, 2.75) is 32.2 Å². The van der Waals surface area contributed by atoms with E-state index in [1.165, 1.54) is 0 Å². The van der Waals surface area contributed by atoms with Crippen LogP contribution < -0.4 is 5.32 Å². The minimum atomic E-state index is -0.950. The van der Waals surface area contributed by atoms with Gasteiger partial charge in [-0.05, 0) is 30.5 Å². The van der Waals surface area contributed by atoms with Gasteiger partial charge in [0, 0.05) is 25.1 Å². The van der Waals surface area contributed by atoms with E-state index in [4.69, 9.17) is 5.11 Å². The van der Waals surface area contributed by atoms with Gasteiger partial charge < -0.3 is 15.5 Å². The van der Waals surface area contributed by atoms with E-state index in [9.17, 15) is 13.9 Å². The first-order chi connectivity index (χ1) is 9.06. The molecule has 0 aromatic heterocycles. The highest BCUT2D eigenvalue weighted by Gasteiger charge is 2.32. The Morgan fingerprint density at radius 1 is 1.16 bits per heavy atom. The average molecular weight is 271 g/mol. The SMILES string of the molecule is OCC1(CNCc2cc(F)c(O)c(F)c2)CCCC1. The van der Waals surface area contributed by atoms with E-state index in [0.717, 1.165) is 37.8 Å². The van der Waals surface area contributed by atoms with Crippen molar-refractivity contribution in [2.24, 2.45) is 5.41 Å². The first-order valence-electron chi connectivity index (χ1n) is 6.55. The predicted molar refractivity (Wildman–Crippen MR) is 67.7 cm³/mol. The number of phenolic OH excluding ortho intramolecular Hbond substituents is 1. The van der Waals surface area contributed by atoms with Gasteiger partial charge in [0.05, 0.1) is 0 Å². The highest BCUT2D eigenvalue weighted by atomic mass is 19.1. The molecule has 0 amide bonds. The van der Waals surface area contributed by atoms with Gasteiger partial charge in [-0.15, -0.1) is 0 Å². The molecule has 3 N–H and O–H groups in total. The minimum absolute atomic E-state index is 0.0893. The fraction of sp³-hybridized carbons (Fsp3) is 0.571. The number of aliphatic hydroxyl groups is 1. The van der Waals surface area contributed by atoms with Gasteiger partial charge in [-0.3, -0.25) is 0 Å². The van der Waals surface area contributed by atoms with Crippen LogP contribution in [0, 0.1) is 17.0 Å². The molecule has 3 nitrogen and oxygen atoms in total. The number of nitrogens with one attached hydrogen (secondary N) is 1. The summed E-state index contributed by atoms with van der Waals surface area (Å²) in [5.74, 6) is -2.84. The van der Waals surface area contributed by atoms with Gasteiger partial charge in [0.25, 0.3) is 0 Å². The van der Waals surface area contributed by atoms with Crippen LogP contribution in [0.15, 0.2) is 12.1 Å². The maximum absolute atomic E-state index is 13.2. The van der Waals surface area contributed by atoms with Crippen LogP contribution in [-0.2, 0) is 6.54 Å². The average Bonchev–Trinajstić information content (AvgIpc) is 2.85. The molecular formula is C14H19F2NO2. The number of hydrogen-bond donors (Lipinski definition) is 3. The molecule has 2 rings (SSSR count). The topological polar surface area (TPSA) is 52.5 Å². The van der Waals surface area contributed by atoms with Crippen LogP contribution in [-0.4, -0.2) is 23.4 Å². The molecule has 5 heteroatoms. The zero-order valence-electron chi connectivity index (χ0n) is 10.8. The van der Waals surface area contributed by atoms with Gasteiger partial charge in [0.1, 0.15) is 0 Å². The molecule has 0 radical (unpaired) electrons. The summed E-state index contributed by atoms with van der Waals surface area (Å²) in [6.45, 7) is 1.09. The third-order valence-electron chi connectivity index (χ3n) is 3.91. The maximum Gasteiger partial charge on any atom is 0.187 e. The third-order valence-corrected chi connectivity index (χ3v) is 3.91. The largest absolute Gasteiger partial charge is 0.503 e. The number of benzene rings is 1. The van der Waals surface area contributed by atoms with Gasteiger partial charge in [-0.2, -0.15) is 0 Å². The molecule has 19 heavy (non-hydrogen) atoms. The normalized spacial score (nSPS) is 17.8. The highest BCUT2D eigenvalue weighted by Crippen LogP contribution is 2.36. The first kappa shape index (κ1) is 14.2. The Hall–Kier alpha value is -1.20. The molecule has 0 saturated heterocycles. The van der Waals surface area contributed by atoms with Crippen LogP contribution >= 0.6 is 0 Å². The lowest BCUT2D eigenvalue weighted by molar-refractivity contribution is 0.128. The van der Waals surface area contributed by atoms with Crippen molar-refractivity contribution in [3.8, 4) is 5.75 Å². The number of rotatable bonds is 5. The number of aliphatic hydroxyl groups excluding tert-OH is 1. The van der Waals surface area contributed by atoms with Crippen molar-refractivity contribution in [2.75, 3.05) is 13.2 Å². The van der Waals surface area contributed by atoms with Crippen LogP contribution in [0.2, 0.25) is 0 Å². The minimum Gasteiger partial charge on any atom is -0.503 e. The maximum atomic E-state index is 13.2. The van der Waals surface area contributed by atoms with E-state index in [1.54, 1.807) is 0 Å². The summed E-state index contributed by atoms with van der Waals surface area (Å²) in [5.41, 5.74) is 0.354. The first-order valence-corrected chi connectivity index (χ1v) is 6.55. The molecule has 0 bridgehead atoms. The fourth-order valence-electron chi connectivity index (χ4n) is 2.71. The van der Waals surface area contributed by atoms with E-state index in [2.05, 4.69) is 5.32 Å². The second kappa shape index (κ2) is 5.84. The van der Waals surface area contributed by atoms with Gasteiger partial charge in [0.2, 0.25) is 0 Å². The summed E-state index contributed by atoms with van der Waals surface area (Å²) >= 11 is 0. The Morgan fingerprint density at radius 2 is 1.74 bits per heavy atom. The van der Waals surface area contributed by atoms with Crippen molar-refractivity contribution in [1.82, 2.24) is 5.32 Å². The molecule has 1 aliphatic rings. The molecule has 1 fully saturated rings. The highest BCUT2D eigenvalue weighted by molar-refractivity contribution is 5.29. The number of hydrogen-bond acceptors (Lipinski definition) is 3. The summed E-state index contributed by atoms with van der Waals surface area (Å²) in [7, 11) is 0. The number of halogens is 2. The van der Waals surface area contributed by atoms with Crippen LogP contribution in [0.25, 0.3) is 0 Å². The Bertz CT molecular complexity index is 422. The van der Waals surface area contributed by atoms with E-state index in [0.29, 0.717) is 18.7 Å². The second-order valence-corrected chi connectivity index (χ2v) is 5.38. The molecule has 1 aromatic rings. The summed E-state index contributed by atoms with van der Waals surface area (Å²) in [6, 6.07) is 2.23. The Morgan fingerprint density at radius 3 is 2.26 bits per heavy atom. The van der Waals surface area contributed by atoms with Crippen LogP contribution in [0.4, 0.5) is 8.78 Å². The lowest BCUT2D eigenvalue weighted by Gasteiger charge is -2.26. The van der Waals surface area contributed by atoms with Gasteiger partial charge in [0.15, 0.2) is 17.4 Å². The number of aromatic hydroxyl groups is 1. The quantitative estimate of drug-likeness (QED) is 0.770. The van der Waals surface area contributed by atoms with Crippen molar-refractivity contribution in [1.29, 1.82) is 0 Å². The zero-order valence-corrected chi connectivity index (χ0v) is 10.8. The lowest BCUT2D eigenvalue weighted by Crippen LogP contribution is -2.34. The summed E-state index contributed by atoms with van der Waals surface area (Å²) in [6.07, 6.45) is 4.19. The summed E-state index contributed by atoms with van der Waals surface area (Å²) < 4.78 is 26.3. The molecule has 1 aliphatic carbocycles. The second-order valence-electron chi connectivity index (χ2n) is 5.38. The molecule has 0 atom stereocenters. The molecular weight excluding hydrogens is 252 g/mol. The van der Waals surface area contributed by atoms with E-state index >= 15 is 0 Å². The van der Waals surface area contributed by atoms with E-state index in [1.807, 2.05) is 0 Å². The van der Waals surface area contributed by atoms with E-state index < -0.39 is 17.4 Å².